The lowest BCUT2D eigenvalue weighted by molar-refractivity contribution is -0.227. The topological polar surface area (TPSA) is 106 Å². The largest absolute Gasteiger partial charge is 0.378 e. The highest BCUT2D eigenvalue weighted by molar-refractivity contribution is 5.15. The third-order valence-electron chi connectivity index (χ3n) is 12.5. The summed E-state index contributed by atoms with van der Waals surface area (Å²) in [6.45, 7) is 14.6. The molecule has 6 nitrogen and oxygen atoms in total. The van der Waals surface area contributed by atoms with E-state index in [1.165, 1.54) is 64.2 Å². The van der Waals surface area contributed by atoms with Crippen LogP contribution in [0.1, 0.15) is 111 Å². The monoisotopic (exact) mass is 564 g/mol. The smallest absolute Gasteiger partial charge is 0.0637 e. The third kappa shape index (κ3) is 6.63. The van der Waals surface area contributed by atoms with Crippen molar-refractivity contribution < 1.29 is 14.2 Å². The van der Waals surface area contributed by atoms with Gasteiger partial charge in [-0.15, -0.1) is 0 Å². The van der Waals surface area contributed by atoms with Crippen LogP contribution in [-0.4, -0.2) is 57.8 Å². The van der Waals surface area contributed by atoms with Crippen LogP contribution in [0.4, 0.5) is 0 Å². The summed E-state index contributed by atoms with van der Waals surface area (Å²) in [5.74, 6) is 4.05. The van der Waals surface area contributed by atoms with Gasteiger partial charge in [-0.1, -0.05) is 47.0 Å². The van der Waals surface area contributed by atoms with Crippen LogP contribution < -0.4 is 17.2 Å². The molecule has 0 amide bonds. The van der Waals surface area contributed by atoms with Crippen molar-refractivity contribution in [3.05, 3.63) is 0 Å². The van der Waals surface area contributed by atoms with E-state index in [2.05, 4.69) is 27.7 Å². The lowest BCUT2D eigenvalue weighted by Gasteiger charge is -2.65. The molecule has 4 aliphatic rings. The van der Waals surface area contributed by atoms with Crippen LogP contribution in [0.15, 0.2) is 0 Å². The molecule has 0 spiro atoms. The average Bonchev–Trinajstić information content (AvgIpc) is 3.31. The van der Waals surface area contributed by atoms with Gasteiger partial charge in [0.05, 0.1) is 18.3 Å². The molecule has 1 unspecified atom stereocenters. The zero-order valence-corrected chi connectivity index (χ0v) is 26.6. The molecule has 0 heterocycles. The molecule has 0 aromatic rings. The van der Waals surface area contributed by atoms with Gasteiger partial charge in [-0.2, -0.15) is 0 Å². The maximum atomic E-state index is 6.95. The van der Waals surface area contributed by atoms with Crippen molar-refractivity contribution in [2.45, 2.75) is 129 Å². The molecule has 0 aromatic heterocycles. The molecule has 4 fully saturated rings. The van der Waals surface area contributed by atoms with Crippen molar-refractivity contribution in [2.24, 2.45) is 63.5 Å². The summed E-state index contributed by atoms with van der Waals surface area (Å²) < 4.78 is 20.2. The van der Waals surface area contributed by atoms with Gasteiger partial charge in [0, 0.05) is 25.2 Å². The van der Waals surface area contributed by atoms with Crippen molar-refractivity contribution >= 4 is 0 Å². The number of hydrogen-bond donors (Lipinski definition) is 3. The summed E-state index contributed by atoms with van der Waals surface area (Å²) in [7, 11) is 0. The first-order valence-electron chi connectivity index (χ1n) is 17.3. The molecular weight excluding hydrogens is 498 g/mol. The number of hydrogen-bond acceptors (Lipinski definition) is 6. The summed E-state index contributed by atoms with van der Waals surface area (Å²) in [4.78, 5) is 0. The van der Waals surface area contributed by atoms with Crippen molar-refractivity contribution in [3.8, 4) is 0 Å². The predicted molar refractivity (Wildman–Crippen MR) is 165 cm³/mol. The minimum Gasteiger partial charge on any atom is -0.378 e. The molecule has 4 rings (SSSR count). The zero-order chi connectivity index (χ0) is 28.8. The number of rotatable bonds is 16. The van der Waals surface area contributed by atoms with E-state index in [1.807, 2.05) is 0 Å². The summed E-state index contributed by atoms with van der Waals surface area (Å²) >= 11 is 0. The second kappa shape index (κ2) is 15.0. The van der Waals surface area contributed by atoms with Crippen LogP contribution in [0, 0.1) is 46.3 Å². The normalized spacial score (nSPS) is 41.8. The first-order valence-corrected chi connectivity index (χ1v) is 17.3. The highest BCUT2D eigenvalue weighted by atomic mass is 16.5. The van der Waals surface area contributed by atoms with E-state index < -0.39 is 0 Å². The Morgan fingerprint density at radius 3 is 2.12 bits per heavy atom. The Kier molecular flexibility index (Phi) is 12.2. The maximum absolute atomic E-state index is 6.95. The van der Waals surface area contributed by atoms with E-state index in [0.717, 1.165) is 50.9 Å². The molecule has 6 N–H and O–H groups in total. The Hall–Kier alpha value is -0.240. The van der Waals surface area contributed by atoms with Gasteiger partial charge in [-0.3, -0.25) is 0 Å². The highest BCUT2D eigenvalue weighted by Crippen LogP contribution is 2.69. The van der Waals surface area contributed by atoms with Gasteiger partial charge in [0.25, 0.3) is 0 Å². The maximum Gasteiger partial charge on any atom is 0.0637 e. The molecule has 0 radical (unpaired) electrons. The fraction of sp³-hybridized carbons (Fsp3) is 1.00. The molecule has 0 aliphatic heterocycles. The second-order valence-electron chi connectivity index (χ2n) is 14.6. The zero-order valence-electron chi connectivity index (χ0n) is 26.6. The lowest BCUT2D eigenvalue weighted by Crippen LogP contribution is -2.63. The molecule has 0 aromatic carbocycles. The summed E-state index contributed by atoms with van der Waals surface area (Å²) in [6.07, 6.45) is 16.5. The van der Waals surface area contributed by atoms with E-state index in [0.29, 0.717) is 67.0 Å². The molecule has 4 aliphatic carbocycles. The Labute approximate surface area is 246 Å². The van der Waals surface area contributed by atoms with Crippen LogP contribution in [-0.2, 0) is 14.2 Å². The molecular formula is C34H65N3O3. The molecule has 0 saturated heterocycles. The van der Waals surface area contributed by atoms with Crippen LogP contribution in [0.5, 0.6) is 0 Å². The molecule has 6 heteroatoms. The highest BCUT2D eigenvalue weighted by Gasteiger charge is 2.66. The van der Waals surface area contributed by atoms with Gasteiger partial charge in [0.1, 0.15) is 0 Å². The van der Waals surface area contributed by atoms with Gasteiger partial charge < -0.3 is 31.4 Å². The van der Waals surface area contributed by atoms with Crippen molar-refractivity contribution in [2.75, 3.05) is 39.5 Å². The van der Waals surface area contributed by atoms with Gasteiger partial charge in [0.2, 0.25) is 0 Å². The van der Waals surface area contributed by atoms with Crippen LogP contribution in [0.25, 0.3) is 0 Å². The number of nitrogens with two attached hydrogens (primary N) is 3. The Balaban J connectivity index is 1.64. The summed E-state index contributed by atoms with van der Waals surface area (Å²) in [6, 6.07) is 0. The standard InChI is InChI=1S/C34H65N3O3/c1-5-6-10-24(2)27-11-12-28-32-29(23-31(34(27,28)4)40-20-9-17-37)33(3)14-13-26(38-18-7-15-35)21-25(33)22-30(32)39-19-8-16-36/h24-32H,5-23,35-37H2,1-4H3/t24-,25+,26?,27-,28+,29+,30-,31+,32+,33+,34-/m1/s1. The number of ether oxygens (including phenoxy) is 3. The predicted octanol–water partition coefficient (Wildman–Crippen LogP) is 5.89. The van der Waals surface area contributed by atoms with Crippen molar-refractivity contribution in [1.82, 2.24) is 0 Å². The fourth-order valence-corrected chi connectivity index (χ4v) is 10.3. The first kappa shape index (κ1) is 32.7. The van der Waals surface area contributed by atoms with Crippen molar-refractivity contribution in [1.29, 1.82) is 0 Å². The quantitative estimate of drug-likeness (QED) is 0.202. The molecule has 40 heavy (non-hydrogen) atoms. The minimum atomic E-state index is 0.212. The SMILES string of the molecule is CCCC[C@@H](C)[C@H]1CC[C@H]2[C@@H]3[C@H](OCCCN)C[C@@H]4CC(OCCCN)CC[C@]4(C)[C@H]3C[C@H](OCCCN)[C@]12C. The summed E-state index contributed by atoms with van der Waals surface area (Å²) in [5, 5.41) is 0. The van der Waals surface area contributed by atoms with Crippen molar-refractivity contribution in [3.63, 3.8) is 0 Å². The van der Waals surface area contributed by atoms with Gasteiger partial charge in [-0.05, 0) is 125 Å². The van der Waals surface area contributed by atoms with E-state index in [-0.39, 0.29) is 5.41 Å². The molecule has 4 saturated carbocycles. The Morgan fingerprint density at radius 2 is 1.45 bits per heavy atom. The Morgan fingerprint density at radius 1 is 0.775 bits per heavy atom. The third-order valence-corrected chi connectivity index (χ3v) is 12.5. The molecule has 11 atom stereocenters. The minimum absolute atomic E-state index is 0.212. The molecule has 234 valence electrons. The summed E-state index contributed by atoms with van der Waals surface area (Å²) in [5.41, 5.74) is 18.2. The number of fused-ring (bicyclic) bond motifs is 5. The van der Waals surface area contributed by atoms with Gasteiger partial charge in [0.15, 0.2) is 0 Å². The second-order valence-corrected chi connectivity index (χ2v) is 14.6. The van der Waals surface area contributed by atoms with Crippen LogP contribution in [0.3, 0.4) is 0 Å². The fourth-order valence-electron chi connectivity index (χ4n) is 10.3. The van der Waals surface area contributed by atoms with E-state index in [1.54, 1.807) is 0 Å². The lowest BCUT2D eigenvalue weighted by atomic mass is 9.43. The van der Waals surface area contributed by atoms with E-state index in [9.17, 15) is 0 Å². The Bertz CT molecular complexity index is 754. The van der Waals surface area contributed by atoms with Gasteiger partial charge in [-0.25, -0.2) is 0 Å². The number of unbranched alkanes of at least 4 members (excludes halogenated alkanes) is 1. The van der Waals surface area contributed by atoms with E-state index >= 15 is 0 Å². The van der Waals surface area contributed by atoms with Crippen LogP contribution in [0.2, 0.25) is 0 Å². The van der Waals surface area contributed by atoms with E-state index in [4.69, 9.17) is 31.4 Å². The molecule has 0 bridgehead atoms. The first-order chi connectivity index (χ1) is 19.3. The van der Waals surface area contributed by atoms with Crippen LogP contribution >= 0.6 is 0 Å². The van der Waals surface area contributed by atoms with Gasteiger partial charge >= 0.3 is 0 Å². The average molecular weight is 564 g/mol.